The summed E-state index contributed by atoms with van der Waals surface area (Å²) in [6.45, 7) is 2.86. The van der Waals surface area contributed by atoms with Crippen molar-refractivity contribution in [1.29, 1.82) is 0 Å². The summed E-state index contributed by atoms with van der Waals surface area (Å²) in [6.07, 6.45) is 4.77. The Morgan fingerprint density at radius 3 is 2.93 bits per heavy atom. The number of carbonyl (C=O) groups excluding carboxylic acids is 1. The first-order chi connectivity index (χ1) is 6.86. The Hall–Kier alpha value is -0.610. The zero-order valence-electron chi connectivity index (χ0n) is 8.50. The molecule has 1 amide bonds. The molecule has 0 aromatic carbocycles. The molecule has 14 heavy (non-hydrogen) atoms. The van der Waals surface area contributed by atoms with Gasteiger partial charge in [-0.05, 0) is 38.1 Å². The Morgan fingerprint density at radius 2 is 2.29 bits per heavy atom. The first-order valence-electron chi connectivity index (χ1n) is 5.50. The Labute approximate surface area is 84.6 Å². The van der Waals surface area contributed by atoms with Crippen LogP contribution in [0.25, 0.3) is 0 Å². The van der Waals surface area contributed by atoms with E-state index in [1.807, 2.05) is 0 Å². The predicted octanol–water partition coefficient (Wildman–Crippen LogP) is 0.540. The van der Waals surface area contributed by atoms with Crippen LogP contribution in [-0.2, 0) is 9.63 Å². The van der Waals surface area contributed by atoms with Crippen LogP contribution in [0.1, 0.15) is 25.7 Å². The first kappa shape index (κ1) is 9.93. The predicted molar refractivity (Wildman–Crippen MR) is 52.5 cm³/mol. The third-order valence-corrected chi connectivity index (χ3v) is 2.69. The molecule has 0 spiro atoms. The van der Waals surface area contributed by atoms with Crippen LogP contribution < -0.4 is 5.32 Å². The van der Waals surface area contributed by atoms with Gasteiger partial charge in [-0.15, -0.1) is 0 Å². The van der Waals surface area contributed by atoms with E-state index >= 15 is 0 Å². The molecule has 0 bridgehead atoms. The maximum absolute atomic E-state index is 11.5. The molecule has 0 aromatic heterocycles. The second kappa shape index (κ2) is 4.75. The zero-order valence-corrected chi connectivity index (χ0v) is 8.50. The number of amides is 1. The molecule has 0 aromatic rings. The number of carbonyl (C=O) groups is 1. The van der Waals surface area contributed by atoms with E-state index in [4.69, 9.17) is 4.84 Å². The van der Waals surface area contributed by atoms with Gasteiger partial charge in [0.15, 0.2) is 0 Å². The van der Waals surface area contributed by atoms with Crippen LogP contribution in [0.3, 0.4) is 0 Å². The largest absolute Gasteiger partial charge is 0.308 e. The van der Waals surface area contributed by atoms with Gasteiger partial charge in [0.1, 0.15) is 0 Å². The quantitative estimate of drug-likeness (QED) is 0.717. The Bertz CT molecular complexity index is 198. The molecular weight excluding hydrogens is 180 g/mol. The zero-order chi connectivity index (χ0) is 9.80. The van der Waals surface area contributed by atoms with Crippen molar-refractivity contribution in [1.82, 2.24) is 10.4 Å². The lowest BCUT2D eigenvalue weighted by atomic mass is 10.3. The summed E-state index contributed by atoms with van der Waals surface area (Å²) in [5, 5.41) is 4.68. The molecule has 0 radical (unpaired) electrons. The average Bonchev–Trinajstić information content (AvgIpc) is 3.03. The van der Waals surface area contributed by atoms with Crippen molar-refractivity contribution in [2.45, 2.75) is 25.7 Å². The van der Waals surface area contributed by atoms with Gasteiger partial charge in [-0.25, -0.2) is 5.06 Å². The molecule has 1 N–H and O–H groups in total. The Balaban J connectivity index is 1.60. The average molecular weight is 198 g/mol. The molecule has 80 valence electrons. The van der Waals surface area contributed by atoms with Crippen LogP contribution in [0, 0.1) is 5.92 Å². The van der Waals surface area contributed by atoms with E-state index in [0.717, 1.165) is 31.8 Å². The molecule has 1 saturated heterocycles. The topological polar surface area (TPSA) is 41.6 Å². The van der Waals surface area contributed by atoms with Crippen molar-refractivity contribution in [2.75, 3.05) is 26.2 Å². The van der Waals surface area contributed by atoms with Crippen LogP contribution in [0.15, 0.2) is 0 Å². The number of hydroxylamine groups is 2. The second-order valence-electron chi connectivity index (χ2n) is 4.11. The number of hydrogen-bond acceptors (Lipinski definition) is 3. The molecule has 1 saturated carbocycles. The monoisotopic (exact) mass is 198 g/mol. The molecule has 4 heteroatoms. The highest BCUT2D eigenvalue weighted by Crippen LogP contribution is 2.27. The molecule has 2 fully saturated rings. The van der Waals surface area contributed by atoms with Gasteiger partial charge in [0.2, 0.25) is 0 Å². The van der Waals surface area contributed by atoms with Gasteiger partial charge >= 0.3 is 0 Å². The summed E-state index contributed by atoms with van der Waals surface area (Å²) in [7, 11) is 0. The van der Waals surface area contributed by atoms with Gasteiger partial charge < -0.3 is 5.32 Å². The number of hydrogen-bond donors (Lipinski definition) is 1. The second-order valence-corrected chi connectivity index (χ2v) is 4.11. The van der Waals surface area contributed by atoms with Gasteiger partial charge in [0, 0.05) is 6.54 Å². The van der Waals surface area contributed by atoms with Crippen molar-refractivity contribution in [2.24, 2.45) is 5.92 Å². The van der Waals surface area contributed by atoms with Gasteiger partial charge in [-0.1, -0.05) is 0 Å². The fourth-order valence-corrected chi connectivity index (χ4v) is 1.59. The summed E-state index contributed by atoms with van der Waals surface area (Å²) in [5.74, 6) is 0.899. The van der Waals surface area contributed by atoms with E-state index < -0.39 is 0 Å². The van der Waals surface area contributed by atoms with Crippen LogP contribution in [0.2, 0.25) is 0 Å². The van der Waals surface area contributed by atoms with Gasteiger partial charge in [-0.2, -0.15) is 0 Å². The van der Waals surface area contributed by atoms with Crippen LogP contribution >= 0.6 is 0 Å². The molecule has 4 nitrogen and oxygen atoms in total. The maximum atomic E-state index is 11.5. The van der Waals surface area contributed by atoms with Gasteiger partial charge in [-0.3, -0.25) is 9.63 Å². The SMILES string of the molecule is O=C(CNCC1CC1)N1CCCCO1. The molecule has 2 aliphatic rings. The molecule has 1 aliphatic heterocycles. The maximum Gasteiger partial charge on any atom is 0.260 e. The minimum atomic E-state index is 0.0744. The molecule has 2 rings (SSSR count). The lowest BCUT2D eigenvalue weighted by molar-refractivity contribution is -0.196. The highest BCUT2D eigenvalue weighted by atomic mass is 16.7. The van der Waals surface area contributed by atoms with E-state index in [1.54, 1.807) is 0 Å². The molecule has 0 atom stereocenters. The normalized spacial score (nSPS) is 22.4. The Kier molecular flexibility index (Phi) is 3.37. The van der Waals surface area contributed by atoms with E-state index in [1.165, 1.54) is 17.9 Å². The molecule has 1 aliphatic carbocycles. The minimum Gasteiger partial charge on any atom is -0.308 e. The van der Waals surface area contributed by atoms with Crippen molar-refractivity contribution in [3.05, 3.63) is 0 Å². The molecular formula is C10H18N2O2. The Morgan fingerprint density at radius 1 is 1.43 bits per heavy atom. The third-order valence-electron chi connectivity index (χ3n) is 2.69. The lowest BCUT2D eigenvalue weighted by Gasteiger charge is -2.25. The number of nitrogens with one attached hydrogen (secondary N) is 1. The van der Waals surface area contributed by atoms with Crippen molar-refractivity contribution in [3.63, 3.8) is 0 Å². The first-order valence-corrected chi connectivity index (χ1v) is 5.50. The smallest absolute Gasteiger partial charge is 0.260 e. The van der Waals surface area contributed by atoms with E-state index in [9.17, 15) is 4.79 Å². The lowest BCUT2D eigenvalue weighted by Crippen LogP contribution is -2.41. The van der Waals surface area contributed by atoms with Gasteiger partial charge in [0.25, 0.3) is 5.91 Å². The highest BCUT2D eigenvalue weighted by Gasteiger charge is 2.22. The van der Waals surface area contributed by atoms with Crippen molar-refractivity contribution >= 4 is 5.91 Å². The standard InChI is InChI=1S/C10H18N2O2/c13-10(8-11-7-9-3-4-9)12-5-1-2-6-14-12/h9,11H,1-8H2. The van der Waals surface area contributed by atoms with Gasteiger partial charge in [0.05, 0.1) is 13.2 Å². The fourth-order valence-electron chi connectivity index (χ4n) is 1.59. The summed E-state index contributed by atoms with van der Waals surface area (Å²) in [5.41, 5.74) is 0. The minimum absolute atomic E-state index is 0.0744. The summed E-state index contributed by atoms with van der Waals surface area (Å²) < 4.78 is 0. The van der Waals surface area contributed by atoms with E-state index in [-0.39, 0.29) is 5.91 Å². The van der Waals surface area contributed by atoms with Crippen molar-refractivity contribution in [3.8, 4) is 0 Å². The van der Waals surface area contributed by atoms with Crippen LogP contribution in [0.4, 0.5) is 0 Å². The molecule has 1 heterocycles. The number of rotatable bonds is 4. The summed E-state index contributed by atoms with van der Waals surface area (Å²) in [4.78, 5) is 16.8. The molecule has 0 unspecified atom stereocenters. The highest BCUT2D eigenvalue weighted by molar-refractivity contribution is 5.77. The third kappa shape index (κ3) is 2.96. The van der Waals surface area contributed by atoms with Crippen LogP contribution in [0.5, 0.6) is 0 Å². The van der Waals surface area contributed by atoms with Crippen molar-refractivity contribution < 1.29 is 9.63 Å². The van der Waals surface area contributed by atoms with Crippen LogP contribution in [-0.4, -0.2) is 37.2 Å². The fraction of sp³-hybridized carbons (Fsp3) is 0.900. The summed E-state index contributed by atoms with van der Waals surface area (Å²) in [6, 6.07) is 0. The van der Waals surface area contributed by atoms with E-state index in [2.05, 4.69) is 5.32 Å². The number of nitrogens with zero attached hydrogens (tertiary/aromatic N) is 1. The summed E-state index contributed by atoms with van der Waals surface area (Å²) >= 11 is 0. The van der Waals surface area contributed by atoms with E-state index in [0.29, 0.717) is 13.2 Å².